The van der Waals surface area contributed by atoms with E-state index in [0.717, 1.165) is 11.2 Å². The third-order valence-corrected chi connectivity index (χ3v) is 4.82. The Hall–Kier alpha value is -1.06. The van der Waals surface area contributed by atoms with E-state index in [-0.39, 0.29) is 19.7 Å². The Bertz CT molecular complexity index is 698. The van der Waals surface area contributed by atoms with Gasteiger partial charge in [0.05, 0.1) is 28.9 Å². The minimum Gasteiger partial charge on any atom is -0.465 e. The third kappa shape index (κ3) is 4.95. The van der Waals surface area contributed by atoms with Crippen molar-refractivity contribution >= 4 is 39.3 Å². The van der Waals surface area contributed by atoms with Crippen LogP contribution in [-0.2, 0) is 14.8 Å². The summed E-state index contributed by atoms with van der Waals surface area (Å²) >= 11 is 11.9. The summed E-state index contributed by atoms with van der Waals surface area (Å²) in [7, 11) is -3.56. The number of carboxylic acid groups (broad SMARTS) is 1. The first kappa shape index (κ1) is 18.3. The fourth-order valence-electron chi connectivity index (χ4n) is 2.40. The number of ether oxygens (including phenoxy) is 1. The summed E-state index contributed by atoms with van der Waals surface area (Å²) in [5.41, 5.74) is 0.618. The molecule has 1 heterocycles. The van der Waals surface area contributed by atoms with E-state index in [1.165, 1.54) is 0 Å². The first-order valence-electron chi connectivity index (χ1n) is 6.69. The normalized spacial score (nSPS) is 22.7. The van der Waals surface area contributed by atoms with Crippen LogP contribution in [0.25, 0.3) is 0 Å². The molecule has 1 aromatic rings. The summed E-state index contributed by atoms with van der Waals surface area (Å²) in [6.45, 7) is 0.252. The molecule has 10 heteroatoms. The van der Waals surface area contributed by atoms with Crippen molar-refractivity contribution in [2.45, 2.75) is 12.1 Å². The summed E-state index contributed by atoms with van der Waals surface area (Å²) in [6, 6.07) is 4.06. The summed E-state index contributed by atoms with van der Waals surface area (Å²) < 4.78 is 31.3. The van der Waals surface area contributed by atoms with Crippen LogP contribution in [0.3, 0.4) is 0 Å². The van der Waals surface area contributed by atoms with Crippen LogP contribution >= 0.6 is 23.2 Å². The molecule has 1 aromatic carbocycles. The van der Waals surface area contributed by atoms with Crippen LogP contribution in [0, 0.1) is 0 Å². The molecule has 0 aliphatic carbocycles. The molecule has 1 aliphatic heterocycles. The van der Waals surface area contributed by atoms with Crippen LogP contribution in [-0.4, -0.2) is 56.5 Å². The van der Waals surface area contributed by atoms with Crippen LogP contribution in [0.2, 0.25) is 10.0 Å². The number of benzene rings is 1. The van der Waals surface area contributed by atoms with Gasteiger partial charge in [0.15, 0.2) is 0 Å². The number of carbonyl (C=O) groups is 1. The monoisotopic (exact) mass is 382 g/mol. The molecule has 0 radical (unpaired) electrons. The molecular weight excluding hydrogens is 367 g/mol. The van der Waals surface area contributed by atoms with Gasteiger partial charge in [0.1, 0.15) is 6.10 Å². The Morgan fingerprint density at radius 1 is 1.39 bits per heavy atom. The number of sulfonamides is 1. The molecule has 23 heavy (non-hydrogen) atoms. The second-order valence-electron chi connectivity index (χ2n) is 5.19. The maximum absolute atomic E-state index is 11.6. The minimum atomic E-state index is -3.56. The van der Waals surface area contributed by atoms with Crippen molar-refractivity contribution in [3.63, 3.8) is 0 Å². The fourth-order valence-corrected chi connectivity index (χ4v) is 3.45. The van der Waals surface area contributed by atoms with Gasteiger partial charge < -0.3 is 14.7 Å². The summed E-state index contributed by atoms with van der Waals surface area (Å²) in [5, 5.41) is 9.85. The quantitative estimate of drug-likeness (QED) is 0.832. The maximum atomic E-state index is 11.6. The number of rotatable bonds is 3. The van der Waals surface area contributed by atoms with E-state index in [2.05, 4.69) is 4.72 Å². The number of nitrogens with zero attached hydrogens (tertiary/aromatic N) is 1. The standard InChI is InChI=1S/C13H16Cl2N2O5S/c1-23(20,21)16-11-7-17(13(18)19)4-5-22-12(11)8-2-3-9(14)10(15)6-8/h2-3,6,11-12,16H,4-5,7H2,1H3,(H,18,19)/t11-,12-/m1/s1. The average molecular weight is 383 g/mol. The molecule has 7 nitrogen and oxygen atoms in total. The van der Waals surface area contributed by atoms with Gasteiger partial charge in [0.2, 0.25) is 10.0 Å². The van der Waals surface area contributed by atoms with Gasteiger partial charge in [-0.2, -0.15) is 0 Å². The van der Waals surface area contributed by atoms with Crippen molar-refractivity contribution in [2.24, 2.45) is 0 Å². The van der Waals surface area contributed by atoms with Gasteiger partial charge in [0.25, 0.3) is 0 Å². The molecule has 0 saturated carbocycles. The molecule has 0 aromatic heterocycles. The number of halogens is 2. The lowest BCUT2D eigenvalue weighted by molar-refractivity contribution is 0.0484. The molecule has 2 atom stereocenters. The number of amides is 1. The predicted octanol–water partition coefficient (Wildman–Crippen LogP) is 1.96. The van der Waals surface area contributed by atoms with Gasteiger partial charge in [0, 0.05) is 13.1 Å². The van der Waals surface area contributed by atoms with E-state index in [4.69, 9.17) is 27.9 Å². The molecule has 1 saturated heterocycles. The van der Waals surface area contributed by atoms with Crippen LogP contribution in [0.15, 0.2) is 18.2 Å². The van der Waals surface area contributed by atoms with Crippen molar-refractivity contribution < 1.29 is 23.1 Å². The molecular formula is C13H16Cl2N2O5S. The van der Waals surface area contributed by atoms with Crippen molar-refractivity contribution in [3.05, 3.63) is 33.8 Å². The molecule has 2 rings (SSSR count). The van der Waals surface area contributed by atoms with Gasteiger partial charge >= 0.3 is 6.09 Å². The van der Waals surface area contributed by atoms with E-state index in [1.807, 2.05) is 0 Å². The van der Waals surface area contributed by atoms with Gasteiger partial charge in [-0.05, 0) is 17.7 Å². The zero-order chi connectivity index (χ0) is 17.2. The molecule has 2 N–H and O–H groups in total. The molecule has 0 unspecified atom stereocenters. The van der Waals surface area contributed by atoms with Crippen LogP contribution in [0.1, 0.15) is 11.7 Å². The van der Waals surface area contributed by atoms with Crippen molar-refractivity contribution in [2.75, 3.05) is 26.0 Å². The van der Waals surface area contributed by atoms with Gasteiger partial charge in [-0.3, -0.25) is 0 Å². The SMILES string of the molecule is CS(=O)(=O)N[C@@H]1CN(C(=O)O)CCO[C@@H]1c1ccc(Cl)c(Cl)c1. The number of hydrogen-bond acceptors (Lipinski definition) is 4. The number of hydrogen-bond donors (Lipinski definition) is 2. The summed E-state index contributed by atoms with van der Waals surface area (Å²) in [5.74, 6) is 0. The largest absolute Gasteiger partial charge is 0.465 e. The van der Waals surface area contributed by atoms with Crippen LogP contribution < -0.4 is 4.72 Å². The van der Waals surface area contributed by atoms with Crippen LogP contribution in [0.4, 0.5) is 4.79 Å². The van der Waals surface area contributed by atoms with Gasteiger partial charge in [-0.25, -0.2) is 17.9 Å². The number of nitrogens with one attached hydrogen (secondary N) is 1. The third-order valence-electron chi connectivity index (χ3n) is 3.35. The molecule has 1 amide bonds. The lowest BCUT2D eigenvalue weighted by Crippen LogP contribution is -2.46. The highest BCUT2D eigenvalue weighted by atomic mass is 35.5. The minimum absolute atomic E-state index is 0.0344. The molecule has 128 valence electrons. The van der Waals surface area contributed by atoms with Crippen molar-refractivity contribution in [1.29, 1.82) is 0 Å². The van der Waals surface area contributed by atoms with Gasteiger partial charge in [-0.1, -0.05) is 29.3 Å². The summed E-state index contributed by atoms with van der Waals surface area (Å²) in [6.07, 6.45) is -0.804. The Balaban J connectivity index is 2.36. The highest BCUT2D eigenvalue weighted by Crippen LogP contribution is 2.30. The van der Waals surface area contributed by atoms with E-state index in [1.54, 1.807) is 18.2 Å². The first-order chi connectivity index (χ1) is 10.7. The van der Waals surface area contributed by atoms with Gasteiger partial charge in [-0.15, -0.1) is 0 Å². The molecule has 0 spiro atoms. The molecule has 1 aliphatic rings. The maximum Gasteiger partial charge on any atom is 0.407 e. The first-order valence-corrected chi connectivity index (χ1v) is 9.34. The Kier molecular flexibility index (Phi) is 5.74. The Labute approximate surface area is 144 Å². The van der Waals surface area contributed by atoms with E-state index >= 15 is 0 Å². The topological polar surface area (TPSA) is 95.9 Å². The predicted molar refractivity (Wildman–Crippen MR) is 86.5 cm³/mol. The summed E-state index contributed by atoms with van der Waals surface area (Å²) in [4.78, 5) is 12.3. The second kappa shape index (κ2) is 7.23. The Morgan fingerprint density at radius 3 is 2.65 bits per heavy atom. The lowest BCUT2D eigenvalue weighted by Gasteiger charge is -2.27. The zero-order valence-corrected chi connectivity index (χ0v) is 14.5. The van der Waals surface area contributed by atoms with Crippen molar-refractivity contribution in [3.8, 4) is 0 Å². The van der Waals surface area contributed by atoms with E-state index < -0.39 is 28.3 Å². The van der Waals surface area contributed by atoms with E-state index in [0.29, 0.717) is 15.6 Å². The smallest absolute Gasteiger partial charge is 0.407 e. The van der Waals surface area contributed by atoms with Crippen molar-refractivity contribution in [1.82, 2.24) is 9.62 Å². The highest BCUT2D eigenvalue weighted by Gasteiger charge is 2.33. The Morgan fingerprint density at radius 2 is 2.09 bits per heavy atom. The molecule has 0 bridgehead atoms. The fraction of sp³-hybridized carbons (Fsp3) is 0.462. The zero-order valence-electron chi connectivity index (χ0n) is 12.2. The highest BCUT2D eigenvalue weighted by molar-refractivity contribution is 7.88. The lowest BCUT2D eigenvalue weighted by atomic mass is 10.0. The van der Waals surface area contributed by atoms with E-state index in [9.17, 15) is 18.3 Å². The van der Waals surface area contributed by atoms with Crippen LogP contribution in [0.5, 0.6) is 0 Å². The second-order valence-corrected chi connectivity index (χ2v) is 7.78. The molecule has 1 fully saturated rings. The average Bonchev–Trinajstić information content (AvgIpc) is 2.63.